The van der Waals surface area contributed by atoms with Crippen LogP contribution in [0.4, 0.5) is 0 Å². The first kappa shape index (κ1) is 11.3. The van der Waals surface area contributed by atoms with E-state index in [2.05, 4.69) is 15.1 Å². The Labute approximate surface area is 96.4 Å². The highest BCUT2D eigenvalue weighted by Crippen LogP contribution is 2.00. The third-order valence-corrected chi connectivity index (χ3v) is 2.15. The van der Waals surface area contributed by atoms with Gasteiger partial charge in [0.05, 0.1) is 18.7 Å². The maximum atomic E-state index is 11.5. The number of fused-ring (bicyclic) bond motifs is 1. The lowest BCUT2D eigenvalue weighted by molar-refractivity contribution is -0.142. The normalized spacial score (nSPS) is 10.6. The lowest BCUT2D eigenvalue weighted by Gasteiger charge is -2.04. The first-order valence-electron chi connectivity index (χ1n) is 5.28. The number of hydrogen-bond donors (Lipinski definition) is 1. The molecule has 0 fully saturated rings. The van der Waals surface area contributed by atoms with E-state index in [9.17, 15) is 9.59 Å². The molecule has 90 valence electrons. The minimum absolute atomic E-state index is 0.00375. The number of H-pyrrole nitrogens is 1. The summed E-state index contributed by atoms with van der Waals surface area (Å²) >= 11 is 0. The van der Waals surface area contributed by atoms with E-state index >= 15 is 0 Å². The number of nitrogens with zero attached hydrogens (tertiary/aromatic N) is 3. The topological polar surface area (TPSA) is 89.4 Å². The summed E-state index contributed by atoms with van der Waals surface area (Å²) in [5.74, 6) is -0.0648. The minimum Gasteiger partial charge on any atom is -0.465 e. The zero-order valence-corrected chi connectivity index (χ0v) is 9.34. The third-order valence-electron chi connectivity index (χ3n) is 2.15. The predicted octanol–water partition coefficient (Wildman–Crippen LogP) is -0.0867. The zero-order chi connectivity index (χ0) is 12.3. The Kier molecular flexibility index (Phi) is 3.17. The van der Waals surface area contributed by atoms with Crippen LogP contribution in [0, 0.1) is 0 Å². The lowest BCUT2D eigenvalue weighted by atomic mass is 10.3. The molecule has 7 nitrogen and oxygen atoms in total. The Morgan fingerprint density at radius 1 is 1.59 bits per heavy atom. The zero-order valence-electron chi connectivity index (χ0n) is 9.34. The number of rotatable bonds is 4. The molecule has 0 atom stereocenters. The number of aromatic nitrogens is 4. The average molecular weight is 236 g/mol. The van der Waals surface area contributed by atoms with Crippen molar-refractivity contribution in [2.24, 2.45) is 0 Å². The maximum absolute atomic E-state index is 11.5. The van der Waals surface area contributed by atoms with Crippen LogP contribution in [0.1, 0.15) is 19.0 Å². The molecular weight excluding hydrogens is 224 g/mol. The van der Waals surface area contributed by atoms with Gasteiger partial charge in [0.1, 0.15) is 6.33 Å². The van der Waals surface area contributed by atoms with Crippen molar-refractivity contribution in [3.8, 4) is 0 Å². The molecule has 0 aliphatic rings. The number of hydrogen-bond acceptors (Lipinski definition) is 5. The van der Waals surface area contributed by atoms with Gasteiger partial charge in [0.2, 0.25) is 5.78 Å². The van der Waals surface area contributed by atoms with Gasteiger partial charge in [0, 0.05) is 6.07 Å². The van der Waals surface area contributed by atoms with E-state index in [-0.39, 0.29) is 17.9 Å². The van der Waals surface area contributed by atoms with E-state index in [0.717, 1.165) is 6.42 Å². The van der Waals surface area contributed by atoms with Crippen molar-refractivity contribution in [3.05, 3.63) is 28.4 Å². The molecule has 0 unspecified atom stereocenters. The van der Waals surface area contributed by atoms with Crippen LogP contribution in [0.15, 0.2) is 17.2 Å². The van der Waals surface area contributed by atoms with Gasteiger partial charge in [-0.15, -0.1) is 0 Å². The predicted molar refractivity (Wildman–Crippen MR) is 58.6 cm³/mol. The van der Waals surface area contributed by atoms with E-state index < -0.39 is 0 Å². The molecule has 0 amide bonds. The summed E-state index contributed by atoms with van der Waals surface area (Å²) in [7, 11) is 0. The van der Waals surface area contributed by atoms with Crippen LogP contribution in [0.5, 0.6) is 0 Å². The van der Waals surface area contributed by atoms with Crippen LogP contribution in [0.2, 0.25) is 0 Å². The summed E-state index contributed by atoms with van der Waals surface area (Å²) in [6.45, 7) is 2.29. The molecule has 17 heavy (non-hydrogen) atoms. The van der Waals surface area contributed by atoms with Crippen molar-refractivity contribution in [1.82, 2.24) is 19.6 Å². The van der Waals surface area contributed by atoms with Crippen LogP contribution >= 0.6 is 0 Å². The summed E-state index contributed by atoms with van der Waals surface area (Å²) in [5, 5.41) is 3.92. The van der Waals surface area contributed by atoms with Gasteiger partial charge in [-0.2, -0.15) is 10.1 Å². The first-order valence-corrected chi connectivity index (χ1v) is 5.28. The Morgan fingerprint density at radius 2 is 2.41 bits per heavy atom. The Bertz CT molecular complexity index is 586. The summed E-state index contributed by atoms with van der Waals surface area (Å²) in [4.78, 5) is 29.1. The number of aromatic amines is 1. The number of nitrogens with one attached hydrogen (secondary N) is 1. The average Bonchev–Trinajstić information content (AvgIpc) is 2.74. The molecule has 0 aliphatic carbocycles. The van der Waals surface area contributed by atoms with Gasteiger partial charge in [0.25, 0.3) is 5.56 Å². The van der Waals surface area contributed by atoms with Crippen molar-refractivity contribution in [3.63, 3.8) is 0 Å². The summed E-state index contributed by atoms with van der Waals surface area (Å²) in [6.07, 6.45) is 2.08. The highest BCUT2D eigenvalue weighted by Gasteiger charge is 2.10. The monoisotopic (exact) mass is 236 g/mol. The standard InChI is InChI=1S/C10H12N4O3/c1-2-3-17-9(16)5-7-4-8(15)13-10-11-6-12-14(7)10/h4,6H,2-3,5H2,1H3,(H,11,12,13,15). The second-order valence-electron chi connectivity index (χ2n) is 3.52. The third kappa shape index (κ3) is 2.49. The van der Waals surface area contributed by atoms with Crippen molar-refractivity contribution in [2.45, 2.75) is 19.8 Å². The molecule has 2 heterocycles. The van der Waals surface area contributed by atoms with Crippen molar-refractivity contribution in [2.75, 3.05) is 6.61 Å². The highest BCUT2D eigenvalue weighted by molar-refractivity contribution is 5.72. The van der Waals surface area contributed by atoms with E-state index in [1.54, 1.807) is 0 Å². The fourth-order valence-electron chi connectivity index (χ4n) is 1.44. The largest absolute Gasteiger partial charge is 0.465 e. The van der Waals surface area contributed by atoms with Gasteiger partial charge in [-0.05, 0) is 6.42 Å². The number of ether oxygens (including phenoxy) is 1. The van der Waals surface area contributed by atoms with Crippen LogP contribution in [0.3, 0.4) is 0 Å². The second-order valence-corrected chi connectivity index (χ2v) is 3.52. The molecule has 0 saturated carbocycles. The van der Waals surface area contributed by atoms with Crippen molar-refractivity contribution in [1.29, 1.82) is 0 Å². The van der Waals surface area contributed by atoms with E-state index in [1.807, 2.05) is 6.92 Å². The van der Waals surface area contributed by atoms with Crippen LogP contribution in [0.25, 0.3) is 5.78 Å². The second kappa shape index (κ2) is 4.77. The van der Waals surface area contributed by atoms with Gasteiger partial charge in [0.15, 0.2) is 0 Å². The summed E-state index contributed by atoms with van der Waals surface area (Å²) in [5.41, 5.74) is 0.145. The molecule has 0 aliphatic heterocycles. The Balaban J connectivity index is 2.25. The molecule has 2 aromatic heterocycles. The molecule has 0 spiro atoms. The SMILES string of the molecule is CCCOC(=O)Cc1cc(=O)[nH]c2ncnn12. The van der Waals surface area contributed by atoms with Gasteiger partial charge in [-0.3, -0.25) is 14.6 Å². The van der Waals surface area contributed by atoms with Gasteiger partial charge in [-0.25, -0.2) is 4.52 Å². The van der Waals surface area contributed by atoms with E-state index in [1.165, 1.54) is 16.9 Å². The molecule has 0 saturated heterocycles. The molecule has 1 N–H and O–H groups in total. The van der Waals surface area contributed by atoms with Crippen LogP contribution in [-0.2, 0) is 16.0 Å². The molecule has 0 aromatic carbocycles. The lowest BCUT2D eigenvalue weighted by Crippen LogP contribution is -2.17. The van der Waals surface area contributed by atoms with Crippen molar-refractivity contribution >= 4 is 11.7 Å². The molecule has 2 aromatic rings. The Hall–Kier alpha value is -2.18. The summed E-state index contributed by atoms with van der Waals surface area (Å²) in [6, 6.07) is 1.31. The fourth-order valence-corrected chi connectivity index (χ4v) is 1.44. The van der Waals surface area contributed by atoms with Crippen molar-refractivity contribution < 1.29 is 9.53 Å². The quantitative estimate of drug-likeness (QED) is 0.749. The molecule has 0 bridgehead atoms. The summed E-state index contributed by atoms with van der Waals surface area (Å²) < 4.78 is 6.36. The van der Waals surface area contributed by atoms with Gasteiger partial charge >= 0.3 is 5.97 Å². The highest BCUT2D eigenvalue weighted by atomic mass is 16.5. The van der Waals surface area contributed by atoms with Crippen LogP contribution < -0.4 is 5.56 Å². The Morgan fingerprint density at radius 3 is 3.18 bits per heavy atom. The number of carbonyl (C=O) groups is 1. The van der Waals surface area contributed by atoms with Gasteiger partial charge in [-0.1, -0.05) is 6.92 Å². The van der Waals surface area contributed by atoms with E-state index in [4.69, 9.17) is 4.74 Å². The maximum Gasteiger partial charge on any atom is 0.311 e. The van der Waals surface area contributed by atoms with Gasteiger partial charge < -0.3 is 4.74 Å². The molecule has 2 rings (SSSR count). The fraction of sp³-hybridized carbons (Fsp3) is 0.400. The van der Waals surface area contributed by atoms with Crippen LogP contribution in [-0.4, -0.2) is 32.2 Å². The minimum atomic E-state index is -0.380. The smallest absolute Gasteiger partial charge is 0.311 e. The molecule has 0 radical (unpaired) electrons. The molecular formula is C10H12N4O3. The molecule has 7 heteroatoms. The number of carbonyl (C=O) groups excluding carboxylic acids is 1. The van der Waals surface area contributed by atoms with E-state index in [0.29, 0.717) is 18.1 Å². The first-order chi connectivity index (χ1) is 8.20. The number of esters is 1.